The molecule has 1 atom stereocenters. The number of rotatable bonds is 3. The Hall–Kier alpha value is -1.29. The summed E-state index contributed by atoms with van der Waals surface area (Å²) in [6, 6.07) is 9.08. The van der Waals surface area contributed by atoms with E-state index < -0.39 is 22.4 Å². The molecule has 8 heteroatoms. The van der Waals surface area contributed by atoms with Gasteiger partial charge in [0.1, 0.15) is 5.60 Å². The second-order valence-corrected chi connectivity index (χ2v) is 7.42. The molecule has 0 saturated carbocycles. The van der Waals surface area contributed by atoms with Crippen LogP contribution in [0.2, 0.25) is 5.11 Å². The van der Waals surface area contributed by atoms with Crippen LogP contribution in [0.3, 0.4) is 0 Å². The molecule has 0 aliphatic heterocycles. The van der Waals surface area contributed by atoms with E-state index in [1.54, 1.807) is 40.8 Å². The number of anilines is 1. The number of hydrogen-bond donors (Lipinski definition) is 1. The summed E-state index contributed by atoms with van der Waals surface area (Å²) in [5.41, 5.74) is -1.42. The van der Waals surface area contributed by atoms with Crippen molar-refractivity contribution in [2.45, 2.75) is 37.1 Å². The van der Waals surface area contributed by atoms with Gasteiger partial charge in [-0.3, -0.25) is 4.90 Å². The number of aliphatic hydroxyl groups is 1. The molecule has 110 valence electrons. The molecule has 0 aliphatic carbocycles. The van der Waals surface area contributed by atoms with Crippen LogP contribution in [-0.4, -0.2) is 53.8 Å². The number of hydrogen-bond acceptors (Lipinski definition) is 3. The molecule has 0 spiro atoms. The van der Waals surface area contributed by atoms with E-state index >= 15 is 0 Å². The quantitative estimate of drug-likeness (QED) is 0.553. The molecule has 0 radical (unpaired) electrons. The van der Waals surface area contributed by atoms with Crippen molar-refractivity contribution in [2.75, 3.05) is 4.90 Å². The number of carbonyl (C=O) groups is 1. The predicted molar refractivity (Wildman–Crippen MR) is 97.0 cm³/mol. The summed E-state index contributed by atoms with van der Waals surface area (Å²) < 4.78 is 5.46. The van der Waals surface area contributed by atoms with Gasteiger partial charge in [-0.2, -0.15) is 0 Å². The Labute approximate surface area is 130 Å². The van der Waals surface area contributed by atoms with Crippen LogP contribution in [0.4, 0.5) is 10.5 Å². The van der Waals surface area contributed by atoms with Gasteiger partial charge in [-0.25, -0.2) is 4.79 Å². The van der Waals surface area contributed by atoms with E-state index in [9.17, 15) is 9.90 Å². The maximum Gasteiger partial charge on any atom is 0.416 e. The number of para-hydroxylation sites is 1. The summed E-state index contributed by atoms with van der Waals surface area (Å²) in [6.07, 6.45) is -0.561. The number of ether oxygens (including phenoxy) is 1. The van der Waals surface area contributed by atoms with Crippen molar-refractivity contribution in [3.8, 4) is 0 Å². The van der Waals surface area contributed by atoms with Crippen LogP contribution in [0.1, 0.15) is 20.8 Å². The largest absolute Gasteiger partial charge is 0.443 e. The molecule has 1 aromatic carbocycles. The van der Waals surface area contributed by atoms with Gasteiger partial charge in [-0.1, -0.05) is 23.3 Å². The Morgan fingerprint density at radius 3 is 1.95 bits per heavy atom. The summed E-state index contributed by atoms with van der Waals surface area (Å²) in [6.45, 7) is 5.42. The Morgan fingerprint density at radius 2 is 1.57 bits per heavy atom. The van der Waals surface area contributed by atoms with Gasteiger partial charge in [-0.05, 0) is 32.9 Å². The van der Waals surface area contributed by atoms with E-state index in [0.717, 1.165) is 0 Å². The van der Waals surface area contributed by atoms with Crippen molar-refractivity contribution in [3.05, 3.63) is 30.3 Å². The van der Waals surface area contributed by atoms with Crippen LogP contribution in [0.25, 0.3) is 0 Å². The monoisotopic (exact) mass is 285 g/mol. The lowest BCUT2D eigenvalue weighted by Crippen LogP contribution is -2.61. The standard InChI is InChI=1S/C13H23B4NO3/c1-11(2,3)21-10(19)18(9-7-5-4-6-8-9)13(17,20)12(14,15)16/h4-8,20H,14-17H2,1-3H3. The first-order valence-corrected chi connectivity index (χ1v) is 7.17. The van der Waals surface area contributed by atoms with Crippen molar-refractivity contribution in [3.63, 3.8) is 0 Å². The molecule has 4 nitrogen and oxygen atoms in total. The van der Waals surface area contributed by atoms with Gasteiger partial charge < -0.3 is 9.84 Å². The first kappa shape index (κ1) is 17.8. The molecular weight excluding hydrogens is 261 g/mol. The lowest BCUT2D eigenvalue weighted by Gasteiger charge is -2.46. The van der Waals surface area contributed by atoms with Crippen LogP contribution < -0.4 is 4.90 Å². The zero-order valence-electron chi connectivity index (χ0n) is 14.1. The SMILES string of the molecule is BC(B)(B)C(B)(O)N(C(=O)OC(C)(C)C)c1ccccc1. The smallest absolute Gasteiger partial charge is 0.416 e. The third-order valence-corrected chi connectivity index (χ3v) is 3.45. The average Bonchev–Trinajstić information content (AvgIpc) is 2.25. The zero-order chi connectivity index (χ0) is 16.5. The minimum absolute atomic E-state index is 0.542. The highest BCUT2D eigenvalue weighted by Gasteiger charge is 2.44. The van der Waals surface area contributed by atoms with Crippen molar-refractivity contribution < 1.29 is 14.6 Å². The topological polar surface area (TPSA) is 49.8 Å². The van der Waals surface area contributed by atoms with E-state index in [-0.39, 0.29) is 0 Å². The minimum Gasteiger partial charge on any atom is -0.443 e. The molecule has 1 amide bonds. The van der Waals surface area contributed by atoms with Gasteiger partial charge >= 0.3 is 6.09 Å². The first-order chi connectivity index (χ1) is 9.36. The van der Waals surface area contributed by atoms with Crippen LogP contribution in [0, 0.1) is 0 Å². The molecule has 0 aromatic heterocycles. The van der Waals surface area contributed by atoms with Crippen LogP contribution in [-0.2, 0) is 4.74 Å². The molecular formula is C13H23B4NO3. The second-order valence-electron chi connectivity index (χ2n) is 7.42. The molecule has 1 aromatic rings. The summed E-state index contributed by atoms with van der Waals surface area (Å²) in [7, 11) is 7.28. The Morgan fingerprint density at radius 1 is 1.10 bits per heavy atom. The van der Waals surface area contributed by atoms with E-state index in [2.05, 4.69) is 0 Å². The third kappa shape index (κ3) is 4.34. The third-order valence-electron chi connectivity index (χ3n) is 3.45. The van der Waals surface area contributed by atoms with Crippen LogP contribution in [0.15, 0.2) is 30.3 Å². The van der Waals surface area contributed by atoms with Gasteiger partial charge in [0, 0.05) is 5.69 Å². The lowest BCUT2D eigenvalue weighted by molar-refractivity contribution is 0.0408. The maximum atomic E-state index is 12.6. The Kier molecular flexibility index (Phi) is 4.94. The zero-order valence-corrected chi connectivity index (χ0v) is 14.1. The highest BCUT2D eigenvalue weighted by Crippen LogP contribution is 2.34. The summed E-state index contributed by atoms with van der Waals surface area (Å²) in [5.74, 6) is 0. The Balaban J connectivity index is 3.29. The van der Waals surface area contributed by atoms with Gasteiger partial charge in [0.2, 0.25) is 0 Å². The first-order valence-electron chi connectivity index (χ1n) is 7.17. The summed E-state index contributed by atoms with van der Waals surface area (Å²) in [4.78, 5) is 13.9. The maximum absolute atomic E-state index is 12.6. The molecule has 1 rings (SSSR count). The minimum atomic E-state index is -1.39. The van der Waals surface area contributed by atoms with Crippen molar-refractivity contribution >= 4 is 43.2 Å². The van der Waals surface area contributed by atoms with E-state index in [4.69, 9.17) is 4.74 Å². The molecule has 21 heavy (non-hydrogen) atoms. The lowest BCUT2D eigenvalue weighted by atomic mass is 9.34. The van der Waals surface area contributed by atoms with Gasteiger partial charge in [0.15, 0.2) is 7.85 Å². The molecule has 0 aliphatic rings. The van der Waals surface area contributed by atoms with Crippen molar-refractivity contribution in [1.29, 1.82) is 0 Å². The molecule has 0 heterocycles. The average molecular weight is 285 g/mol. The van der Waals surface area contributed by atoms with E-state index in [1.165, 1.54) is 4.90 Å². The van der Waals surface area contributed by atoms with Crippen LogP contribution >= 0.6 is 0 Å². The fourth-order valence-electron chi connectivity index (χ4n) is 1.75. The van der Waals surface area contributed by atoms with E-state index in [0.29, 0.717) is 5.69 Å². The predicted octanol–water partition coefficient (Wildman–Crippen LogP) is -1.32. The molecule has 1 unspecified atom stereocenters. The summed E-state index contributed by atoms with van der Waals surface area (Å²) in [5, 5.41) is 10.4. The summed E-state index contributed by atoms with van der Waals surface area (Å²) >= 11 is 0. The van der Waals surface area contributed by atoms with E-state index in [1.807, 2.05) is 41.7 Å². The van der Waals surface area contributed by atoms with Crippen molar-refractivity contribution in [2.24, 2.45) is 0 Å². The van der Waals surface area contributed by atoms with Crippen molar-refractivity contribution in [1.82, 2.24) is 0 Å². The molecule has 0 saturated heterocycles. The fraction of sp³-hybridized carbons (Fsp3) is 0.462. The highest BCUT2D eigenvalue weighted by molar-refractivity contribution is 6.62. The number of carbonyl (C=O) groups excluding carboxylic acids is 1. The Bertz CT molecular complexity index is 494. The number of benzene rings is 1. The molecule has 0 fully saturated rings. The molecule has 0 bridgehead atoms. The fourth-order valence-corrected chi connectivity index (χ4v) is 1.75. The normalized spacial score (nSPS) is 15.0. The highest BCUT2D eigenvalue weighted by atomic mass is 16.6. The van der Waals surface area contributed by atoms with Gasteiger partial charge in [0.05, 0.1) is 29.2 Å². The molecule has 1 N–H and O–H groups in total. The van der Waals surface area contributed by atoms with Gasteiger partial charge in [-0.15, -0.1) is 0 Å². The van der Waals surface area contributed by atoms with Gasteiger partial charge in [0.25, 0.3) is 0 Å². The number of amides is 1. The van der Waals surface area contributed by atoms with Crippen LogP contribution in [0.5, 0.6) is 0 Å². The number of nitrogens with zero attached hydrogens (tertiary/aromatic N) is 1. The second kappa shape index (κ2) is 5.84.